The Hall–Kier alpha value is -2.47. The quantitative estimate of drug-likeness (QED) is 0.369. The first kappa shape index (κ1) is 20.8. The zero-order chi connectivity index (χ0) is 19.6. The van der Waals surface area contributed by atoms with Crippen LogP contribution < -0.4 is 10.2 Å². The van der Waals surface area contributed by atoms with Gasteiger partial charge in [0.25, 0.3) is 0 Å². The molecule has 0 unspecified atom stereocenters. The number of rotatable bonds is 9. The number of hydrogen-bond donors (Lipinski definition) is 1. The lowest BCUT2D eigenvalue weighted by atomic mass is 10.1. The van der Waals surface area contributed by atoms with Crippen molar-refractivity contribution in [3.05, 3.63) is 51.1 Å². The predicted molar refractivity (Wildman–Crippen MR) is 107 cm³/mol. The number of aromatic nitrogens is 1. The van der Waals surface area contributed by atoms with Crippen LogP contribution in [-0.2, 0) is 16.1 Å². The van der Waals surface area contributed by atoms with Crippen LogP contribution in [0.2, 0.25) is 0 Å². The lowest BCUT2D eigenvalue weighted by Gasteiger charge is -2.12. The highest BCUT2D eigenvalue weighted by atomic mass is 79.9. The Bertz CT molecular complexity index is 850. The highest BCUT2D eigenvalue weighted by Crippen LogP contribution is 2.28. The van der Waals surface area contributed by atoms with Gasteiger partial charge in [0.15, 0.2) is 5.82 Å². The minimum atomic E-state index is 0.298. The van der Waals surface area contributed by atoms with E-state index in [1.54, 1.807) is 20.4 Å². The number of nitriles is 1. The average molecular weight is 433 g/mol. The molecule has 0 saturated heterocycles. The Labute approximate surface area is 167 Å². The summed E-state index contributed by atoms with van der Waals surface area (Å²) in [5, 5.41) is 13.7. The van der Waals surface area contributed by atoms with Gasteiger partial charge < -0.3 is 14.2 Å². The second kappa shape index (κ2) is 10.6. The fraction of sp³-hybridized carbons (Fsp3) is 0.316. The van der Waals surface area contributed by atoms with Crippen LogP contribution in [0.5, 0.6) is 5.75 Å². The number of nitrogens with zero attached hydrogens (tertiary/aromatic N) is 3. The molecule has 0 bridgehead atoms. The van der Waals surface area contributed by atoms with Gasteiger partial charge >= 0.3 is 0 Å². The molecule has 0 aliphatic heterocycles. The number of hydrogen-bond acceptors (Lipinski definition) is 7. The van der Waals surface area contributed by atoms with Crippen molar-refractivity contribution in [1.82, 2.24) is 4.98 Å². The lowest BCUT2D eigenvalue weighted by Crippen LogP contribution is -2.05. The molecule has 1 heterocycles. The van der Waals surface area contributed by atoms with E-state index in [1.807, 2.05) is 31.2 Å². The zero-order valence-corrected chi connectivity index (χ0v) is 17.0. The molecule has 0 fully saturated rings. The second-order valence-electron chi connectivity index (χ2n) is 5.54. The molecule has 27 heavy (non-hydrogen) atoms. The van der Waals surface area contributed by atoms with Gasteiger partial charge in [-0.05, 0) is 40.5 Å². The summed E-state index contributed by atoms with van der Waals surface area (Å²) in [6.07, 6.45) is 1.64. The van der Waals surface area contributed by atoms with Crippen molar-refractivity contribution in [3.8, 4) is 11.8 Å². The summed E-state index contributed by atoms with van der Waals surface area (Å²) >= 11 is 3.46. The Kier molecular flexibility index (Phi) is 8.20. The second-order valence-corrected chi connectivity index (χ2v) is 6.33. The van der Waals surface area contributed by atoms with Gasteiger partial charge in [-0.3, -0.25) is 5.43 Å². The van der Waals surface area contributed by atoms with Crippen LogP contribution in [0.1, 0.15) is 22.4 Å². The van der Waals surface area contributed by atoms with Gasteiger partial charge in [-0.1, -0.05) is 12.1 Å². The molecular formula is C19H21BrN4O3. The topological polar surface area (TPSA) is 88.8 Å². The molecule has 0 atom stereocenters. The van der Waals surface area contributed by atoms with Crippen molar-refractivity contribution in [3.63, 3.8) is 0 Å². The molecule has 2 aromatic rings. The number of hydrazone groups is 1. The maximum absolute atomic E-state index is 9.51. The van der Waals surface area contributed by atoms with E-state index in [0.717, 1.165) is 27.0 Å². The van der Waals surface area contributed by atoms with Crippen molar-refractivity contribution in [2.75, 3.05) is 32.9 Å². The SMILES string of the molecule is COCCOc1cccc(/C=N/Nc2nc(C)c(Br)c(COC)c2C#N)c1. The molecular weight excluding hydrogens is 412 g/mol. The zero-order valence-electron chi connectivity index (χ0n) is 15.5. The normalized spacial score (nSPS) is 10.8. The molecule has 8 heteroatoms. The predicted octanol–water partition coefficient (Wildman–Crippen LogP) is 3.64. The minimum absolute atomic E-state index is 0.298. The Balaban J connectivity index is 2.17. The Morgan fingerprint density at radius 2 is 2.11 bits per heavy atom. The van der Waals surface area contributed by atoms with Gasteiger partial charge in [0.2, 0.25) is 0 Å². The molecule has 1 aromatic heterocycles. The number of anilines is 1. The first-order valence-corrected chi connectivity index (χ1v) is 8.98. The largest absolute Gasteiger partial charge is 0.491 e. The molecule has 2 rings (SSSR count). The van der Waals surface area contributed by atoms with Crippen molar-refractivity contribution < 1.29 is 14.2 Å². The number of ether oxygens (including phenoxy) is 3. The third kappa shape index (κ3) is 5.76. The van der Waals surface area contributed by atoms with Gasteiger partial charge in [-0.25, -0.2) is 4.98 Å². The third-order valence-electron chi connectivity index (χ3n) is 3.60. The van der Waals surface area contributed by atoms with Crippen LogP contribution in [0.15, 0.2) is 33.8 Å². The van der Waals surface area contributed by atoms with Gasteiger partial charge in [0.05, 0.1) is 25.1 Å². The molecule has 142 valence electrons. The van der Waals surface area contributed by atoms with Crippen LogP contribution in [-0.4, -0.2) is 38.6 Å². The molecule has 0 aliphatic rings. The van der Waals surface area contributed by atoms with E-state index in [1.165, 1.54) is 0 Å². The van der Waals surface area contributed by atoms with Crippen LogP contribution >= 0.6 is 15.9 Å². The van der Waals surface area contributed by atoms with E-state index in [2.05, 4.69) is 37.5 Å². The number of pyridine rings is 1. The Morgan fingerprint density at radius 1 is 1.30 bits per heavy atom. The molecule has 0 amide bonds. The molecule has 0 aliphatic carbocycles. The highest BCUT2D eigenvalue weighted by molar-refractivity contribution is 9.10. The first-order chi connectivity index (χ1) is 13.1. The van der Waals surface area contributed by atoms with Crippen molar-refractivity contribution >= 4 is 28.0 Å². The van der Waals surface area contributed by atoms with Crippen molar-refractivity contribution in [2.24, 2.45) is 5.10 Å². The van der Waals surface area contributed by atoms with Crippen LogP contribution in [0.25, 0.3) is 0 Å². The van der Waals surface area contributed by atoms with Crippen LogP contribution in [0.3, 0.4) is 0 Å². The minimum Gasteiger partial charge on any atom is -0.491 e. The molecule has 1 aromatic carbocycles. The smallest absolute Gasteiger partial charge is 0.164 e. The first-order valence-electron chi connectivity index (χ1n) is 8.19. The average Bonchev–Trinajstić information content (AvgIpc) is 2.66. The summed E-state index contributed by atoms with van der Waals surface area (Å²) in [4.78, 5) is 4.40. The number of aryl methyl sites for hydroxylation is 1. The summed E-state index contributed by atoms with van der Waals surface area (Å²) in [5.74, 6) is 1.11. The third-order valence-corrected chi connectivity index (χ3v) is 4.65. The van der Waals surface area contributed by atoms with E-state index in [0.29, 0.717) is 31.2 Å². The summed E-state index contributed by atoms with van der Waals surface area (Å²) < 4.78 is 16.5. The highest BCUT2D eigenvalue weighted by Gasteiger charge is 2.16. The monoisotopic (exact) mass is 432 g/mol. The summed E-state index contributed by atoms with van der Waals surface area (Å²) in [6.45, 7) is 3.15. The van der Waals surface area contributed by atoms with Crippen molar-refractivity contribution in [2.45, 2.75) is 13.5 Å². The molecule has 0 spiro atoms. The van der Waals surface area contributed by atoms with E-state index >= 15 is 0 Å². The lowest BCUT2D eigenvalue weighted by molar-refractivity contribution is 0.146. The van der Waals surface area contributed by atoms with E-state index in [4.69, 9.17) is 14.2 Å². The van der Waals surface area contributed by atoms with Gasteiger partial charge in [0.1, 0.15) is 24.0 Å². The number of methoxy groups -OCH3 is 2. The molecule has 0 saturated carbocycles. The maximum Gasteiger partial charge on any atom is 0.164 e. The number of nitrogens with one attached hydrogen (secondary N) is 1. The van der Waals surface area contributed by atoms with Crippen molar-refractivity contribution in [1.29, 1.82) is 5.26 Å². The number of benzene rings is 1. The van der Waals surface area contributed by atoms with E-state index < -0.39 is 0 Å². The van der Waals surface area contributed by atoms with Crippen LogP contribution in [0, 0.1) is 18.3 Å². The van der Waals surface area contributed by atoms with E-state index in [-0.39, 0.29) is 0 Å². The number of halogens is 1. The van der Waals surface area contributed by atoms with Crippen LogP contribution in [0.4, 0.5) is 5.82 Å². The molecule has 0 radical (unpaired) electrons. The Morgan fingerprint density at radius 3 is 2.81 bits per heavy atom. The van der Waals surface area contributed by atoms with Gasteiger partial charge in [0, 0.05) is 24.3 Å². The van der Waals surface area contributed by atoms with Gasteiger partial charge in [-0.15, -0.1) is 0 Å². The summed E-state index contributed by atoms with van der Waals surface area (Å²) in [7, 11) is 3.21. The van der Waals surface area contributed by atoms with E-state index in [9.17, 15) is 5.26 Å². The van der Waals surface area contributed by atoms with Gasteiger partial charge in [-0.2, -0.15) is 10.4 Å². The molecule has 1 N–H and O–H groups in total. The fourth-order valence-electron chi connectivity index (χ4n) is 2.32. The summed E-state index contributed by atoms with van der Waals surface area (Å²) in [5.41, 5.74) is 5.57. The molecule has 7 nitrogen and oxygen atoms in total. The summed E-state index contributed by atoms with van der Waals surface area (Å²) in [6, 6.07) is 9.67. The standard InChI is InChI=1S/C19H21BrN4O3/c1-13-18(20)17(12-26-3)16(10-21)19(23-13)24-22-11-14-5-4-6-15(9-14)27-8-7-25-2/h4-6,9,11H,7-8,12H2,1-3H3,(H,23,24)/b22-11+. The maximum atomic E-state index is 9.51. The fourth-order valence-corrected chi connectivity index (χ4v) is 2.72.